The van der Waals surface area contributed by atoms with Crippen LogP contribution in [-0.2, 0) is 0 Å². The molecular weight excluding hydrogens is 821 g/mol. The number of hydrogen-bond acceptors (Lipinski definition) is 2. The third-order valence-electron chi connectivity index (χ3n) is 12.6. The average molecular weight is 869 g/mol. The van der Waals surface area contributed by atoms with Crippen LogP contribution in [0.25, 0.3) is 68.1 Å². The summed E-state index contributed by atoms with van der Waals surface area (Å²) in [6.07, 6.45) is 8.71. The van der Waals surface area contributed by atoms with Crippen LogP contribution in [0.15, 0.2) is 267 Å². The van der Waals surface area contributed by atoms with E-state index in [2.05, 4.69) is 301 Å². The van der Waals surface area contributed by atoms with E-state index in [4.69, 9.17) is 0 Å². The third kappa shape index (κ3) is 8.75. The molecule has 0 aromatic heterocycles. The monoisotopic (exact) mass is 868 g/mol. The lowest BCUT2D eigenvalue weighted by atomic mass is 9.95. The Kier molecular flexibility index (Phi) is 11.8. The van der Waals surface area contributed by atoms with Gasteiger partial charge in [0.25, 0.3) is 0 Å². The molecule has 0 radical (unpaired) electrons. The van der Waals surface area contributed by atoms with E-state index in [1.807, 2.05) is 0 Å². The molecule has 0 aliphatic heterocycles. The van der Waals surface area contributed by atoms with E-state index >= 15 is 0 Å². The molecule has 0 saturated heterocycles. The summed E-state index contributed by atoms with van der Waals surface area (Å²) in [5.41, 5.74) is 15.9. The van der Waals surface area contributed by atoms with Crippen molar-refractivity contribution in [3.63, 3.8) is 0 Å². The van der Waals surface area contributed by atoms with Crippen LogP contribution in [0, 0.1) is 0 Å². The number of anilines is 6. The van der Waals surface area contributed by atoms with Crippen LogP contribution in [0.3, 0.4) is 0 Å². The lowest BCUT2D eigenvalue weighted by Gasteiger charge is -2.33. The zero-order valence-corrected chi connectivity index (χ0v) is 37.6. The standard InChI is InChI=1S/C66H48N2/c1-5-17-49(18-6-1)29-31-51-33-41-57(42-34-51)67(59-45-37-55(38-46-59)53-21-9-3-10-22-53)65-61-25-13-15-27-63(61)66(64-28-16-14-26-62(64)65)68(60-47-39-56(40-48-60)54-23-11-4-12-24-54)58-43-35-52(36-44-58)32-30-50-19-7-2-8-20-50/h1-48H/b31-29+,32-30+. The van der Waals surface area contributed by atoms with Gasteiger partial charge >= 0.3 is 0 Å². The number of nitrogens with zero attached hydrogens (tertiary/aromatic N) is 2. The second kappa shape index (κ2) is 19.2. The molecule has 0 heterocycles. The van der Waals surface area contributed by atoms with Crippen LogP contribution >= 0.6 is 0 Å². The van der Waals surface area contributed by atoms with Gasteiger partial charge in [-0.25, -0.2) is 0 Å². The fourth-order valence-electron chi connectivity index (χ4n) is 9.23. The molecule has 0 fully saturated rings. The summed E-state index contributed by atoms with van der Waals surface area (Å²) in [5, 5.41) is 4.59. The maximum Gasteiger partial charge on any atom is 0.0619 e. The highest BCUT2D eigenvalue weighted by Gasteiger charge is 2.25. The summed E-state index contributed by atoms with van der Waals surface area (Å²) in [7, 11) is 0. The Morgan fingerprint density at radius 2 is 0.412 bits per heavy atom. The molecule has 2 nitrogen and oxygen atoms in total. The molecule has 0 spiro atoms. The summed E-state index contributed by atoms with van der Waals surface area (Å²) < 4.78 is 0. The highest BCUT2D eigenvalue weighted by Crippen LogP contribution is 2.51. The van der Waals surface area contributed by atoms with E-state index in [1.165, 1.54) is 33.4 Å². The number of fused-ring (bicyclic) bond motifs is 2. The molecule has 0 bridgehead atoms. The fourth-order valence-corrected chi connectivity index (χ4v) is 9.23. The minimum Gasteiger partial charge on any atom is -0.309 e. The molecule has 68 heavy (non-hydrogen) atoms. The van der Waals surface area contributed by atoms with Crippen LogP contribution < -0.4 is 9.80 Å². The van der Waals surface area contributed by atoms with E-state index in [9.17, 15) is 0 Å². The SMILES string of the molecule is C(=C\c1ccc(N(c2ccc(-c3ccccc3)cc2)c2c3ccccc3c(N(c3ccc(/C=C/c4ccccc4)cc3)c3ccc(-c4ccccc4)cc3)c3ccccc23)cc1)/c1ccccc1. The third-order valence-corrected chi connectivity index (χ3v) is 12.6. The minimum atomic E-state index is 1.07. The van der Waals surface area contributed by atoms with Gasteiger partial charge in [0.05, 0.1) is 11.4 Å². The highest BCUT2D eigenvalue weighted by atomic mass is 15.2. The van der Waals surface area contributed by atoms with Gasteiger partial charge in [0, 0.05) is 44.3 Å². The zero-order valence-electron chi connectivity index (χ0n) is 37.6. The second-order valence-electron chi connectivity index (χ2n) is 17.0. The summed E-state index contributed by atoms with van der Waals surface area (Å²) in [5.74, 6) is 0. The van der Waals surface area contributed by atoms with Crippen molar-refractivity contribution in [3.8, 4) is 22.3 Å². The average Bonchev–Trinajstić information content (AvgIpc) is 3.42. The molecule has 2 heteroatoms. The normalized spacial score (nSPS) is 11.4. The van der Waals surface area contributed by atoms with Crippen molar-refractivity contribution in [1.82, 2.24) is 0 Å². The Labute approximate surface area is 399 Å². The van der Waals surface area contributed by atoms with E-state index in [-0.39, 0.29) is 0 Å². The van der Waals surface area contributed by atoms with E-state index < -0.39 is 0 Å². The van der Waals surface area contributed by atoms with Crippen LogP contribution in [0.2, 0.25) is 0 Å². The Morgan fingerprint density at radius 1 is 0.191 bits per heavy atom. The Hall–Kier alpha value is -8.98. The van der Waals surface area contributed by atoms with Crippen molar-refractivity contribution in [3.05, 3.63) is 289 Å². The molecule has 0 aliphatic carbocycles. The quantitative estimate of drug-likeness (QED) is 0.0686. The number of hydrogen-bond donors (Lipinski definition) is 0. The minimum absolute atomic E-state index is 1.07. The Morgan fingerprint density at radius 3 is 0.706 bits per heavy atom. The molecule has 11 aromatic carbocycles. The van der Waals surface area contributed by atoms with Crippen LogP contribution in [0.5, 0.6) is 0 Å². The summed E-state index contributed by atoms with van der Waals surface area (Å²) >= 11 is 0. The molecule has 11 rings (SSSR count). The number of rotatable bonds is 12. The highest BCUT2D eigenvalue weighted by molar-refractivity contribution is 6.23. The summed E-state index contributed by atoms with van der Waals surface area (Å²) in [4.78, 5) is 4.89. The maximum atomic E-state index is 2.45. The predicted octanol–water partition coefficient (Wildman–Crippen LogP) is 18.6. The molecule has 0 aliphatic rings. The van der Waals surface area contributed by atoms with Crippen LogP contribution in [0.1, 0.15) is 22.3 Å². The van der Waals surface area contributed by atoms with Crippen molar-refractivity contribution in [1.29, 1.82) is 0 Å². The van der Waals surface area contributed by atoms with Gasteiger partial charge in [0.1, 0.15) is 0 Å². The maximum absolute atomic E-state index is 2.45. The smallest absolute Gasteiger partial charge is 0.0619 e. The van der Waals surface area contributed by atoms with Crippen LogP contribution in [-0.4, -0.2) is 0 Å². The molecule has 322 valence electrons. The first-order chi connectivity index (χ1) is 33.7. The van der Waals surface area contributed by atoms with Crippen molar-refractivity contribution in [2.45, 2.75) is 0 Å². The molecular formula is C66H48N2. The lowest BCUT2D eigenvalue weighted by molar-refractivity contribution is 1.29. The van der Waals surface area contributed by atoms with Gasteiger partial charge in [-0.15, -0.1) is 0 Å². The van der Waals surface area contributed by atoms with Crippen molar-refractivity contribution in [2.75, 3.05) is 9.80 Å². The van der Waals surface area contributed by atoms with Gasteiger partial charge in [-0.1, -0.05) is 243 Å². The van der Waals surface area contributed by atoms with Crippen molar-refractivity contribution >= 4 is 80.0 Å². The van der Waals surface area contributed by atoms with Gasteiger partial charge in [-0.2, -0.15) is 0 Å². The molecule has 0 N–H and O–H groups in total. The first-order valence-electron chi connectivity index (χ1n) is 23.2. The fraction of sp³-hybridized carbons (Fsp3) is 0. The topological polar surface area (TPSA) is 6.48 Å². The predicted molar refractivity (Wildman–Crippen MR) is 292 cm³/mol. The molecule has 0 atom stereocenters. The van der Waals surface area contributed by atoms with Gasteiger partial charge in [-0.05, 0) is 93.0 Å². The van der Waals surface area contributed by atoms with Crippen LogP contribution in [0.4, 0.5) is 34.1 Å². The first-order valence-corrected chi connectivity index (χ1v) is 23.2. The van der Waals surface area contributed by atoms with Gasteiger partial charge in [-0.3, -0.25) is 0 Å². The van der Waals surface area contributed by atoms with E-state index in [0.717, 1.165) is 66.8 Å². The van der Waals surface area contributed by atoms with Gasteiger partial charge in [0.2, 0.25) is 0 Å². The largest absolute Gasteiger partial charge is 0.309 e. The number of benzene rings is 11. The van der Waals surface area contributed by atoms with Crippen molar-refractivity contribution in [2.24, 2.45) is 0 Å². The first kappa shape index (κ1) is 41.7. The van der Waals surface area contributed by atoms with E-state index in [0.29, 0.717) is 0 Å². The zero-order chi connectivity index (χ0) is 45.5. The van der Waals surface area contributed by atoms with Gasteiger partial charge < -0.3 is 9.80 Å². The van der Waals surface area contributed by atoms with Crippen molar-refractivity contribution < 1.29 is 0 Å². The lowest BCUT2D eigenvalue weighted by Crippen LogP contribution is -2.14. The summed E-state index contributed by atoms with van der Waals surface area (Å²) in [6.45, 7) is 0. The second-order valence-corrected chi connectivity index (χ2v) is 17.0. The van der Waals surface area contributed by atoms with E-state index in [1.54, 1.807) is 0 Å². The summed E-state index contributed by atoms with van der Waals surface area (Å²) in [6, 6.07) is 95.9. The molecule has 0 unspecified atom stereocenters. The van der Waals surface area contributed by atoms with Gasteiger partial charge in [0.15, 0.2) is 0 Å². The molecule has 0 saturated carbocycles. The Bertz CT molecular complexity index is 3200. The molecule has 11 aromatic rings. The molecule has 0 amide bonds. The Balaban J connectivity index is 1.10.